The van der Waals surface area contributed by atoms with Gasteiger partial charge in [0, 0.05) is 20.3 Å². The lowest BCUT2D eigenvalue weighted by atomic mass is 9.76. The highest BCUT2D eigenvalue weighted by Crippen LogP contribution is 2.31. The number of aliphatic carboxylic acids is 1. The van der Waals surface area contributed by atoms with Crippen molar-refractivity contribution in [1.82, 2.24) is 0 Å². The lowest BCUT2D eigenvalue weighted by Gasteiger charge is -2.29. The second kappa shape index (κ2) is 6.80. The van der Waals surface area contributed by atoms with Crippen LogP contribution in [0, 0.1) is 11.3 Å². The predicted octanol–water partition coefficient (Wildman–Crippen LogP) is 1.49. The predicted molar refractivity (Wildman–Crippen MR) is 59.7 cm³/mol. The number of ether oxygens (including phenoxy) is 1. The first-order valence-electron chi connectivity index (χ1n) is 5.41. The van der Waals surface area contributed by atoms with Gasteiger partial charge in [0.1, 0.15) is 0 Å². The fraction of sp³-hybridized carbons (Fsp3) is 0.909. The Bertz CT molecular complexity index is 194. The lowest BCUT2D eigenvalue weighted by Crippen LogP contribution is -2.40. The first-order chi connectivity index (χ1) is 6.98. The molecule has 15 heavy (non-hydrogen) atoms. The monoisotopic (exact) mass is 217 g/mol. The van der Waals surface area contributed by atoms with Crippen LogP contribution in [0.3, 0.4) is 0 Å². The van der Waals surface area contributed by atoms with Gasteiger partial charge in [-0.15, -0.1) is 0 Å². The van der Waals surface area contributed by atoms with E-state index in [1.807, 2.05) is 13.8 Å². The molecule has 4 nitrogen and oxygen atoms in total. The molecule has 0 radical (unpaired) electrons. The molecule has 0 aliphatic rings. The third kappa shape index (κ3) is 4.62. The summed E-state index contributed by atoms with van der Waals surface area (Å²) in [4.78, 5) is 11.3. The third-order valence-electron chi connectivity index (χ3n) is 2.65. The molecule has 0 aromatic rings. The first-order valence-corrected chi connectivity index (χ1v) is 5.41. The molecule has 1 unspecified atom stereocenters. The minimum Gasteiger partial charge on any atom is -0.481 e. The standard InChI is InChI=1S/C11H23NO3/c1-9(2)7-11(8-12,10(13)14)5-4-6-15-3/h9H,4-8,12H2,1-3H3,(H,13,14). The van der Waals surface area contributed by atoms with Crippen molar-refractivity contribution >= 4 is 5.97 Å². The Morgan fingerprint density at radius 3 is 2.47 bits per heavy atom. The number of carboxylic acid groups (broad SMARTS) is 1. The Morgan fingerprint density at radius 1 is 1.53 bits per heavy atom. The van der Waals surface area contributed by atoms with Gasteiger partial charge in [0.15, 0.2) is 0 Å². The Morgan fingerprint density at radius 2 is 2.13 bits per heavy atom. The van der Waals surface area contributed by atoms with Crippen LogP contribution >= 0.6 is 0 Å². The molecule has 0 aromatic carbocycles. The van der Waals surface area contributed by atoms with Crippen LogP contribution in [-0.2, 0) is 9.53 Å². The van der Waals surface area contributed by atoms with E-state index >= 15 is 0 Å². The van der Waals surface area contributed by atoms with Gasteiger partial charge in [-0.2, -0.15) is 0 Å². The minimum absolute atomic E-state index is 0.199. The summed E-state index contributed by atoms with van der Waals surface area (Å²) in [5.41, 5.74) is 4.85. The fourth-order valence-electron chi connectivity index (χ4n) is 1.91. The van der Waals surface area contributed by atoms with Gasteiger partial charge < -0.3 is 15.6 Å². The maximum absolute atomic E-state index is 11.3. The Labute approximate surface area is 91.8 Å². The van der Waals surface area contributed by atoms with E-state index in [2.05, 4.69) is 0 Å². The van der Waals surface area contributed by atoms with E-state index in [0.29, 0.717) is 25.4 Å². The maximum atomic E-state index is 11.3. The van der Waals surface area contributed by atoms with Gasteiger partial charge in [-0.3, -0.25) is 4.79 Å². The van der Waals surface area contributed by atoms with E-state index in [4.69, 9.17) is 10.5 Å². The summed E-state index contributed by atoms with van der Waals surface area (Å²) < 4.78 is 4.93. The largest absolute Gasteiger partial charge is 0.481 e. The summed E-state index contributed by atoms with van der Waals surface area (Å²) in [6, 6.07) is 0. The second-order valence-corrected chi connectivity index (χ2v) is 4.48. The summed E-state index contributed by atoms with van der Waals surface area (Å²) in [6.45, 7) is 4.82. The van der Waals surface area contributed by atoms with Crippen LogP contribution in [0.4, 0.5) is 0 Å². The second-order valence-electron chi connectivity index (χ2n) is 4.48. The molecule has 0 rings (SSSR count). The zero-order valence-electron chi connectivity index (χ0n) is 9.95. The van der Waals surface area contributed by atoms with Crippen molar-refractivity contribution < 1.29 is 14.6 Å². The number of rotatable bonds is 8. The Kier molecular flexibility index (Phi) is 6.52. The lowest BCUT2D eigenvalue weighted by molar-refractivity contribution is -0.150. The third-order valence-corrected chi connectivity index (χ3v) is 2.65. The van der Waals surface area contributed by atoms with Crippen molar-refractivity contribution in [1.29, 1.82) is 0 Å². The van der Waals surface area contributed by atoms with Crippen LogP contribution in [0.25, 0.3) is 0 Å². The van der Waals surface area contributed by atoms with Crippen LogP contribution in [0.5, 0.6) is 0 Å². The number of carbonyl (C=O) groups is 1. The molecule has 0 aliphatic heterocycles. The average Bonchev–Trinajstić information content (AvgIpc) is 2.15. The van der Waals surface area contributed by atoms with Crippen molar-refractivity contribution in [2.24, 2.45) is 17.1 Å². The molecule has 0 fully saturated rings. The van der Waals surface area contributed by atoms with Crippen LogP contribution in [-0.4, -0.2) is 31.3 Å². The SMILES string of the molecule is COCCCC(CN)(CC(C)C)C(=O)O. The number of hydrogen-bond donors (Lipinski definition) is 2. The number of hydrogen-bond acceptors (Lipinski definition) is 3. The van der Waals surface area contributed by atoms with E-state index in [-0.39, 0.29) is 6.54 Å². The van der Waals surface area contributed by atoms with Gasteiger partial charge in [-0.05, 0) is 25.2 Å². The molecule has 3 N–H and O–H groups in total. The van der Waals surface area contributed by atoms with Crippen LogP contribution < -0.4 is 5.73 Å². The van der Waals surface area contributed by atoms with Crippen LogP contribution in [0.15, 0.2) is 0 Å². The smallest absolute Gasteiger partial charge is 0.310 e. The highest BCUT2D eigenvalue weighted by atomic mass is 16.5. The highest BCUT2D eigenvalue weighted by molar-refractivity contribution is 5.74. The molecule has 0 saturated heterocycles. The van der Waals surface area contributed by atoms with Crippen molar-refractivity contribution in [3.63, 3.8) is 0 Å². The van der Waals surface area contributed by atoms with Gasteiger partial charge in [-0.25, -0.2) is 0 Å². The van der Waals surface area contributed by atoms with Crippen molar-refractivity contribution in [2.75, 3.05) is 20.3 Å². The minimum atomic E-state index is -0.783. The average molecular weight is 217 g/mol. The number of methoxy groups -OCH3 is 1. The molecular formula is C11H23NO3. The fourth-order valence-corrected chi connectivity index (χ4v) is 1.91. The quantitative estimate of drug-likeness (QED) is 0.604. The van der Waals surface area contributed by atoms with Crippen LogP contribution in [0.2, 0.25) is 0 Å². The van der Waals surface area contributed by atoms with E-state index in [0.717, 1.165) is 6.42 Å². The summed E-state index contributed by atoms with van der Waals surface area (Å²) >= 11 is 0. The van der Waals surface area contributed by atoms with E-state index in [1.54, 1.807) is 7.11 Å². The number of carboxylic acids is 1. The molecule has 0 aliphatic carbocycles. The molecule has 90 valence electrons. The molecule has 0 saturated carbocycles. The zero-order chi connectivity index (χ0) is 11.9. The van der Waals surface area contributed by atoms with E-state index < -0.39 is 11.4 Å². The number of nitrogens with two attached hydrogens (primary N) is 1. The van der Waals surface area contributed by atoms with Gasteiger partial charge >= 0.3 is 5.97 Å². The topological polar surface area (TPSA) is 72.5 Å². The molecule has 0 aromatic heterocycles. The summed E-state index contributed by atoms with van der Waals surface area (Å²) in [5.74, 6) is -0.443. The molecule has 0 bridgehead atoms. The molecule has 1 atom stereocenters. The maximum Gasteiger partial charge on any atom is 0.310 e. The van der Waals surface area contributed by atoms with Gasteiger partial charge in [0.2, 0.25) is 0 Å². The summed E-state index contributed by atoms with van der Waals surface area (Å²) in [5, 5.41) is 9.25. The normalized spacial score (nSPS) is 15.3. The Balaban J connectivity index is 4.44. The van der Waals surface area contributed by atoms with Crippen molar-refractivity contribution in [3.8, 4) is 0 Å². The highest BCUT2D eigenvalue weighted by Gasteiger charge is 2.36. The van der Waals surface area contributed by atoms with Crippen molar-refractivity contribution in [3.05, 3.63) is 0 Å². The van der Waals surface area contributed by atoms with E-state index in [9.17, 15) is 9.90 Å². The Hall–Kier alpha value is -0.610. The van der Waals surface area contributed by atoms with Gasteiger partial charge in [0.05, 0.1) is 5.41 Å². The summed E-state index contributed by atoms with van der Waals surface area (Å²) in [6.07, 6.45) is 1.96. The molecule has 0 amide bonds. The molecule has 4 heteroatoms. The zero-order valence-corrected chi connectivity index (χ0v) is 9.95. The van der Waals surface area contributed by atoms with Gasteiger partial charge in [0.25, 0.3) is 0 Å². The summed E-state index contributed by atoms with van der Waals surface area (Å²) in [7, 11) is 1.62. The van der Waals surface area contributed by atoms with Crippen molar-refractivity contribution in [2.45, 2.75) is 33.1 Å². The molecule has 0 spiro atoms. The van der Waals surface area contributed by atoms with Crippen LogP contribution in [0.1, 0.15) is 33.1 Å². The molecular weight excluding hydrogens is 194 g/mol. The van der Waals surface area contributed by atoms with E-state index in [1.165, 1.54) is 0 Å². The molecule has 0 heterocycles. The first kappa shape index (κ1) is 14.4. The van der Waals surface area contributed by atoms with Gasteiger partial charge in [-0.1, -0.05) is 13.8 Å².